The van der Waals surface area contributed by atoms with Crippen molar-refractivity contribution in [3.63, 3.8) is 0 Å². The Morgan fingerprint density at radius 1 is 1.16 bits per heavy atom. The summed E-state index contributed by atoms with van der Waals surface area (Å²) in [6, 6.07) is 6.50. The third-order valence-corrected chi connectivity index (χ3v) is 7.20. The quantitative estimate of drug-likeness (QED) is 0.528. The van der Waals surface area contributed by atoms with E-state index in [4.69, 9.17) is 14.6 Å². The molecule has 1 aromatic heterocycles. The smallest absolute Gasteiger partial charge is 0.338 e. The fraction of sp³-hybridized carbons (Fsp3) is 0.571. The molecule has 37 heavy (non-hydrogen) atoms. The summed E-state index contributed by atoms with van der Waals surface area (Å²) in [6.07, 6.45) is 3.27. The van der Waals surface area contributed by atoms with Crippen LogP contribution in [0, 0.1) is 11.3 Å². The van der Waals surface area contributed by atoms with Gasteiger partial charge >= 0.3 is 5.97 Å². The number of esters is 1. The molecular formula is C28H38N4O5. The Bertz CT molecular complexity index is 1130. The number of carbonyl (C=O) groups excluding carboxylic acids is 3. The minimum atomic E-state index is -0.434. The van der Waals surface area contributed by atoms with Gasteiger partial charge in [0.15, 0.2) is 0 Å². The van der Waals surface area contributed by atoms with Gasteiger partial charge in [-0.05, 0) is 69.2 Å². The fourth-order valence-corrected chi connectivity index (χ4v) is 5.08. The van der Waals surface area contributed by atoms with Crippen LogP contribution in [-0.4, -0.2) is 60.0 Å². The lowest BCUT2D eigenvalue weighted by atomic mass is 9.76. The first-order valence-electron chi connectivity index (χ1n) is 13.2. The SMILES string of the molecule is CCc1nn(CC(C)COC(=O)c2ccc(C(=O)NC(C)C)cc2)c2c1C(=O)NCC1(CCOCC1)C2. The molecule has 0 saturated carbocycles. The second-order valence-electron chi connectivity index (χ2n) is 10.7. The Morgan fingerprint density at radius 3 is 2.49 bits per heavy atom. The van der Waals surface area contributed by atoms with Crippen LogP contribution in [0.15, 0.2) is 24.3 Å². The first-order valence-corrected chi connectivity index (χ1v) is 13.2. The molecular weight excluding hydrogens is 472 g/mol. The Labute approximate surface area is 218 Å². The number of benzene rings is 1. The number of amides is 2. The van der Waals surface area contributed by atoms with Gasteiger partial charge in [0, 0.05) is 43.8 Å². The molecule has 1 spiro atoms. The van der Waals surface area contributed by atoms with Crippen molar-refractivity contribution >= 4 is 17.8 Å². The maximum Gasteiger partial charge on any atom is 0.338 e. The van der Waals surface area contributed by atoms with E-state index < -0.39 is 5.97 Å². The van der Waals surface area contributed by atoms with Gasteiger partial charge in [0.05, 0.1) is 29.1 Å². The molecule has 2 aliphatic heterocycles. The molecule has 2 amide bonds. The Hall–Kier alpha value is -3.20. The van der Waals surface area contributed by atoms with Crippen molar-refractivity contribution in [2.24, 2.45) is 11.3 Å². The van der Waals surface area contributed by atoms with Crippen LogP contribution in [0.25, 0.3) is 0 Å². The monoisotopic (exact) mass is 510 g/mol. The van der Waals surface area contributed by atoms with Gasteiger partial charge in [0.25, 0.3) is 11.8 Å². The average molecular weight is 511 g/mol. The molecule has 2 aliphatic rings. The fourth-order valence-electron chi connectivity index (χ4n) is 5.08. The maximum atomic E-state index is 13.0. The van der Waals surface area contributed by atoms with Crippen LogP contribution in [-0.2, 0) is 28.9 Å². The number of aromatic nitrogens is 2. The summed E-state index contributed by atoms with van der Waals surface area (Å²) in [4.78, 5) is 37.8. The molecule has 9 nitrogen and oxygen atoms in total. The van der Waals surface area contributed by atoms with Gasteiger partial charge in [0.1, 0.15) is 0 Å². The normalized spacial score (nSPS) is 17.6. The summed E-state index contributed by atoms with van der Waals surface area (Å²) in [6.45, 7) is 10.6. The Morgan fingerprint density at radius 2 is 1.84 bits per heavy atom. The summed E-state index contributed by atoms with van der Waals surface area (Å²) in [5, 5.41) is 10.8. The lowest BCUT2D eigenvalue weighted by molar-refractivity contribution is 0.0151. The van der Waals surface area contributed by atoms with Crippen molar-refractivity contribution in [2.75, 3.05) is 26.4 Å². The minimum Gasteiger partial charge on any atom is -0.462 e. The van der Waals surface area contributed by atoms with Gasteiger partial charge in [0.2, 0.25) is 0 Å². The number of aryl methyl sites for hydroxylation is 1. The third-order valence-electron chi connectivity index (χ3n) is 7.20. The van der Waals surface area contributed by atoms with Crippen LogP contribution in [0.1, 0.15) is 83.0 Å². The molecule has 0 aliphatic carbocycles. The molecule has 1 fully saturated rings. The van der Waals surface area contributed by atoms with Gasteiger partial charge in [-0.25, -0.2) is 4.79 Å². The predicted octanol–water partition coefficient (Wildman–Crippen LogP) is 3.16. The molecule has 2 N–H and O–H groups in total. The van der Waals surface area contributed by atoms with Crippen molar-refractivity contribution in [3.05, 3.63) is 52.3 Å². The van der Waals surface area contributed by atoms with Crippen molar-refractivity contribution in [1.29, 1.82) is 0 Å². The predicted molar refractivity (Wildman–Crippen MR) is 139 cm³/mol. The molecule has 9 heteroatoms. The standard InChI is InChI=1S/C28H38N4O5/c1-5-22-24-23(14-28(17-29-26(24)34)10-12-36-13-11-28)32(31-22)15-19(4)16-37-27(35)21-8-6-20(7-9-21)25(33)30-18(2)3/h6-9,18-19H,5,10-17H2,1-4H3,(H,29,34)(H,30,33). The number of ether oxygens (including phenoxy) is 2. The molecule has 1 unspecified atom stereocenters. The van der Waals surface area contributed by atoms with E-state index in [0.717, 1.165) is 30.7 Å². The zero-order valence-electron chi connectivity index (χ0n) is 22.3. The van der Waals surface area contributed by atoms with Crippen LogP contribution in [0.5, 0.6) is 0 Å². The van der Waals surface area contributed by atoms with Crippen molar-refractivity contribution < 1.29 is 23.9 Å². The van der Waals surface area contributed by atoms with Gasteiger partial charge in [-0.2, -0.15) is 5.10 Å². The lowest BCUT2D eigenvalue weighted by Gasteiger charge is -2.36. The van der Waals surface area contributed by atoms with Crippen LogP contribution >= 0.6 is 0 Å². The number of nitrogens with zero attached hydrogens (tertiary/aromatic N) is 2. The van der Waals surface area contributed by atoms with E-state index in [9.17, 15) is 14.4 Å². The van der Waals surface area contributed by atoms with Gasteiger partial charge in [-0.1, -0.05) is 13.8 Å². The van der Waals surface area contributed by atoms with E-state index in [0.29, 0.717) is 49.4 Å². The zero-order chi connectivity index (χ0) is 26.6. The van der Waals surface area contributed by atoms with Crippen LogP contribution < -0.4 is 10.6 Å². The lowest BCUT2D eigenvalue weighted by Crippen LogP contribution is -2.41. The third kappa shape index (κ3) is 6.21. The second kappa shape index (κ2) is 11.5. The van der Waals surface area contributed by atoms with E-state index in [1.807, 2.05) is 32.4 Å². The molecule has 1 saturated heterocycles. The van der Waals surface area contributed by atoms with Crippen molar-refractivity contribution in [2.45, 2.75) is 66.0 Å². The topological polar surface area (TPSA) is 112 Å². The van der Waals surface area contributed by atoms with Gasteiger partial charge in [-0.3, -0.25) is 14.3 Å². The van der Waals surface area contributed by atoms with E-state index in [1.165, 1.54) is 0 Å². The summed E-state index contributed by atoms with van der Waals surface area (Å²) in [5.74, 6) is -0.668. The Balaban J connectivity index is 1.42. The molecule has 4 rings (SSSR count). The highest BCUT2D eigenvalue weighted by Crippen LogP contribution is 2.37. The Kier molecular flexibility index (Phi) is 8.32. The highest BCUT2D eigenvalue weighted by Gasteiger charge is 2.39. The largest absolute Gasteiger partial charge is 0.462 e. The summed E-state index contributed by atoms with van der Waals surface area (Å²) in [5.41, 5.74) is 3.36. The van der Waals surface area contributed by atoms with Crippen LogP contribution in [0.3, 0.4) is 0 Å². The highest BCUT2D eigenvalue weighted by atomic mass is 16.5. The number of rotatable bonds is 8. The zero-order valence-corrected chi connectivity index (χ0v) is 22.3. The minimum absolute atomic E-state index is 0.00861. The summed E-state index contributed by atoms with van der Waals surface area (Å²) in [7, 11) is 0. The van der Waals surface area contributed by atoms with Crippen molar-refractivity contribution in [1.82, 2.24) is 20.4 Å². The first kappa shape index (κ1) is 26.9. The van der Waals surface area contributed by atoms with E-state index >= 15 is 0 Å². The highest BCUT2D eigenvalue weighted by molar-refractivity contribution is 5.97. The molecule has 1 aromatic carbocycles. The van der Waals surface area contributed by atoms with E-state index in [1.54, 1.807) is 24.3 Å². The number of carbonyl (C=O) groups is 3. The molecule has 0 radical (unpaired) electrons. The van der Waals surface area contributed by atoms with E-state index in [2.05, 4.69) is 10.6 Å². The first-order chi connectivity index (χ1) is 17.7. The van der Waals surface area contributed by atoms with Gasteiger partial charge in [-0.15, -0.1) is 0 Å². The summed E-state index contributed by atoms with van der Waals surface area (Å²) >= 11 is 0. The summed E-state index contributed by atoms with van der Waals surface area (Å²) < 4.78 is 13.1. The second-order valence-corrected chi connectivity index (χ2v) is 10.7. The molecule has 3 heterocycles. The maximum absolute atomic E-state index is 13.0. The average Bonchev–Trinajstić information content (AvgIpc) is 3.15. The molecule has 0 bridgehead atoms. The van der Waals surface area contributed by atoms with Gasteiger partial charge < -0.3 is 20.1 Å². The number of nitrogens with one attached hydrogen (secondary N) is 2. The molecule has 1 atom stereocenters. The number of fused-ring (bicyclic) bond motifs is 1. The molecule has 200 valence electrons. The number of hydrogen-bond donors (Lipinski definition) is 2. The molecule has 2 aromatic rings. The van der Waals surface area contributed by atoms with Crippen LogP contribution in [0.2, 0.25) is 0 Å². The van der Waals surface area contributed by atoms with Crippen molar-refractivity contribution in [3.8, 4) is 0 Å². The van der Waals surface area contributed by atoms with Crippen LogP contribution in [0.4, 0.5) is 0 Å². The number of hydrogen-bond acceptors (Lipinski definition) is 6. The van der Waals surface area contributed by atoms with E-state index in [-0.39, 0.29) is 35.8 Å².